The van der Waals surface area contributed by atoms with Crippen LogP contribution in [0.3, 0.4) is 0 Å². The van der Waals surface area contributed by atoms with Gasteiger partial charge in [0.15, 0.2) is 5.82 Å². The maximum absolute atomic E-state index is 11.8. The molecular weight excluding hydrogens is 312 g/mol. The maximum atomic E-state index is 11.8. The Morgan fingerprint density at radius 1 is 1.29 bits per heavy atom. The highest BCUT2D eigenvalue weighted by atomic mass is 16.5. The van der Waals surface area contributed by atoms with Crippen LogP contribution in [-0.4, -0.2) is 35.8 Å². The van der Waals surface area contributed by atoms with Crippen molar-refractivity contribution in [3.8, 4) is 11.5 Å². The predicted octanol–water partition coefficient (Wildman–Crippen LogP) is 2.37. The number of anilines is 1. The number of nitrogens with one attached hydrogen (secondary N) is 2. The smallest absolute Gasteiger partial charge is 0.411 e. The molecule has 2 rings (SSSR count). The second-order valence-corrected chi connectivity index (χ2v) is 5.06. The molecule has 0 atom stereocenters. The first kappa shape index (κ1) is 17.5. The fourth-order valence-electron chi connectivity index (χ4n) is 1.99. The maximum Gasteiger partial charge on any atom is 0.411 e. The van der Waals surface area contributed by atoms with Gasteiger partial charge in [-0.3, -0.25) is 10.1 Å². The Balaban J connectivity index is 2.08. The molecule has 0 spiro atoms. The number of carbonyl (C=O) groups is 2. The van der Waals surface area contributed by atoms with Crippen molar-refractivity contribution in [1.29, 1.82) is 0 Å². The van der Waals surface area contributed by atoms with Crippen LogP contribution in [0.2, 0.25) is 0 Å². The highest BCUT2D eigenvalue weighted by molar-refractivity contribution is 5.90. The Kier molecular flexibility index (Phi) is 6.30. The number of rotatable bonds is 7. The minimum atomic E-state index is -0.600. The van der Waals surface area contributed by atoms with Crippen molar-refractivity contribution in [3.63, 3.8) is 0 Å². The number of para-hydroxylation sites is 1. The number of benzene rings is 1. The van der Waals surface area contributed by atoms with Crippen LogP contribution in [-0.2, 0) is 16.0 Å². The summed E-state index contributed by atoms with van der Waals surface area (Å²) in [4.78, 5) is 27.4. The monoisotopic (exact) mass is 332 g/mol. The van der Waals surface area contributed by atoms with Gasteiger partial charge in [0.1, 0.15) is 0 Å². The summed E-state index contributed by atoms with van der Waals surface area (Å²) in [6.45, 7) is 2.68. The molecule has 24 heavy (non-hydrogen) atoms. The number of ether oxygens (including phenoxy) is 1. The normalized spacial score (nSPS) is 10.2. The van der Waals surface area contributed by atoms with E-state index in [1.54, 1.807) is 24.3 Å². The average Bonchev–Trinajstić information content (AvgIpc) is 3.03. The molecule has 1 aromatic heterocycles. The summed E-state index contributed by atoms with van der Waals surface area (Å²) in [6, 6.07) is 6.95. The molecule has 0 fully saturated rings. The number of aromatic nitrogens is 2. The third-order valence-corrected chi connectivity index (χ3v) is 3.22. The van der Waals surface area contributed by atoms with Crippen molar-refractivity contribution in [2.45, 2.75) is 26.2 Å². The molecule has 128 valence electrons. The van der Waals surface area contributed by atoms with E-state index < -0.39 is 6.09 Å². The van der Waals surface area contributed by atoms with Gasteiger partial charge >= 0.3 is 6.09 Å². The van der Waals surface area contributed by atoms with Crippen LogP contribution in [0.15, 0.2) is 28.8 Å². The number of unbranched alkanes of at least 4 members (excludes halogenated alkanes) is 1. The zero-order valence-corrected chi connectivity index (χ0v) is 13.7. The lowest BCUT2D eigenvalue weighted by Gasteiger charge is -2.06. The lowest BCUT2D eigenvalue weighted by molar-refractivity contribution is -0.120. The zero-order valence-electron chi connectivity index (χ0n) is 13.7. The molecule has 2 N–H and O–H groups in total. The van der Waals surface area contributed by atoms with E-state index >= 15 is 0 Å². The third-order valence-electron chi connectivity index (χ3n) is 3.22. The lowest BCUT2D eigenvalue weighted by atomic mass is 10.2. The molecule has 0 unspecified atom stereocenters. The summed E-state index contributed by atoms with van der Waals surface area (Å²) >= 11 is 0. The molecule has 2 amide bonds. The van der Waals surface area contributed by atoms with Crippen molar-refractivity contribution < 1.29 is 18.8 Å². The van der Waals surface area contributed by atoms with Gasteiger partial charge in [-0.25, -0.2) is 4.79 Å². The lowest BCUT2D eigenvalue weighted by Crippen LogP contribution is -2.26. The topological polar surface area (TPSA) is 106 Å². The van der Waals surface area contributed by atoms with E-state index in [-0.39, 0.29) is 24.0 Å². The molecule has 0 aliphatic rings. The second-order valence-electron chi connectivity index (χ2n) is 5.06. The number of methoxy groups -OCH3 is 1. The summed E-state index contributed by atoms with van der Waals surface area (Å²) < 4.78 is 9.78. The molecule has 0 bridgehead atoms. The van der Waals surface area contributed by atoms with Crippen molar-refractivity contribution in [1.82, 2.24) is 15.5 Å². The van der Waals surface area contributed by atoms with Crippen molar-refractivity contribution in [2.75, 3.05) is 19.0 Å². The largest absolute Gasteiger partial charge is 0.453 e. The van der Waals surface area contributed by atoms with Crippen molar-refractivity contribution in [2.24, 2.45) is 0 Å². The van der Waals surface area contributed by atoms with E-state index in [0.29, 0.717) is 17.8 Å². The van der Waals surface area contributed by atoms with Gasteiger partial charge < -0.3 is 14.6 Å². The Morgan fingerprint density at radius 3 is 2.83 bits per heavy atom. The fourth-order valence-corrected chi connectivity index (χ4v) is 1.99. The van der Waals surface area contributed by atoms with E-state index in [2.05, 4.69) is 32.4 Å². The first-order valence-electron chi connectivity index (χ1n) is 7.67. The van der Waals surface area contributed by atoms with Gasteiger partial charge in [-0.15, -0.1) is 0 Å². The van der Waals surface area contributed by atoms with E-state index in [0.717, 1.165) is 12.8 Å². The van der Waals surface area contributed by atoms with Crippen LogP contribution in [0.1, 0.15) is 25.6 Å². The molecule has 0 radical (unpaired) electrons. The molecule has 8 heteroatoms. The van der Waals surface area contributed by atoms with Crippen LogP contribution in [0.4, 0.5) is 10.5 Å². The van der Waals surface area contributed by atoms with Gasteiger partial charge in [0.2, 0.25) is 5.91 Å². The molecule has 0 aliphatic heterocycles. The predicted molar refractivity (Wildman–Crippen MR) is 87.4 cm³/mol. The van der Waals surface area contributed by atoms with Gasteiger partial charge in [-0.05, 0) is 18.6 Å². The molecule has 2 aromatic rings. The number of nitrogens with zero attached hydrogens (tertiary/aromatic N) is 2. The van der Waals surface area contributed by atoms with Crippen LogP contribution in [0.25, 0.3) is 11.5 Å². The summed E-state index contributed by atoms with van der Waals surface area (Å²) in [5, 5.41) is 9.18. The average molecular weight is 332 g/mol. The van der Waals surface area contributed by atoms with Crippen LogP contribution < -0.4 is 10.6 Å². The molecule has 0 aliphatic carbocycles. The molecule has 0 saturated heterocycles. The number of hydrogen-bond donors (Lipinski definition) is 2. The van der Waals surface area contributed by atoms with Gasteiger partial charge in [0.25, 0.3) is 5.89 Å². The van der Waals surface area contributed by atoms with Gasteiger partial charge in [-0.1, -0.05) is 30.6 Å². The Labute approximate surface area is 139 Å². The highest BCUT2D eigenvalue weighted by Gasteiger charge is 2.16. The second kappa shape index (κ2) is 8.66. The SMILES string of the molecule is CCCCNC(=O)Cc1noc(-c2ccccc2NC(=O)OC)n1. The summed E-state index contributed by atoms with van der Waals surface area (Å²) in [6.07, 6.45) is 1.38. The van der Waals surface area contributed by atoms with E-state index in [1.807, 2.05) is 0 Å². The van der Waals surface area contributed by atoms with Crippen LogP contribution in [0, 0.1) is 0 Å². The van der Waals surface area contributed by atoms with E-state index in [9.17, 15) is 9.59 Å². The number of hydrogen-bond acceptors (Lipinski definition) is 6. The quantitative estimate of drug-likeness (QED) is 0.754. The zero-order chi connectivity index (χ0) is 17.4. The van der Waals surface area contributed by atoms with Gasteiger partial charge in [0.05, 0.1) is 24.8 Å². The first-order chi connectivity index (χ1) is 11.6. The number of carbonyl (C=O) groups excluding carboxylic acids is 2. The Morgan fingerprint density at radius 2 is 2.08 bits per heavy atom. The molecular formula is C16H20N4O4. The first-order valence-corrected chi connectivity index (χ1v) is 7.67. The minimum absolute atomic E-state index is 0.0415. The fraction of sp³-hybridized carbons (Fsp3) is 0.375. The molecule has 8 nitrogen and oxygen atoms in total. The molecule has 0 saturated carbocycles. The summed E-state index contributed by atoms with van der Waals surface area (Å²) in [5.41, 5.74) is 1.03. The Hall–Kier alpha value is -2.90. The van der Waals surface area contributed by atoms with E-state index in [4.69, 9.17) is 4.52 Å². The van der Waals surface area contributed by atoms with Crippen LogP contribution in [0.5, 0.6) is 0 Å². The minimum Gasteiger partial charge on any atom is -0.453 e. The summed E-state index contributed by atoms with van der Waals surface area (Å²) in [5.74, 6) is 0.349. The number of amides is 2. The van der Waals surface area contributed by atoms with E-state index in [1.165, 1.54) is 7.11 Å². The third kappa shape index (κ3) is 4.80. The van der Waals surface area contributed by atoms with Crippen molar-refractivity contribution >= 4 is 17.7 Å². The Bertz CT molecular complexity index is 699. The van der Waals surface area contributed by atoms with Crippen LogP contribution >= 0.6 is 0 Å². The standard InChI is InChI=1S/C16H20N4O4/c1-3-4-9-17-14(21)10-13-19-15(24-20-13)11-7-5-6-8-12(11)18-16(22)23-2/h5-8H,3-4,9-10H2,1-2H3,(H,17,21)(H,18,22). The highest BCUT2D eigenvalue weighted by Crippen LogP contribution is 2.26. The van der Waals surface area contributed by atoms with Gasteiger partial charge in [-0.2, -0.15) is 4.98 Å². The van der Waals surface area contributed by atoms with Gasteiger partial charge in [0, 0.05) is 6.54 Å². The van der Waals surface area contributed by atoms with Crippen molar-refractivity contribution in [3.05, 3.63) is 30.1 Å². The summed E-state index contributed by atoms with van der Waals surface area (Å²) in [7, 11) is 1.28. The molecule has 1 aromatic carbocycles. The molecule has 1 heterocycles.